The molecule has 2 rings (SSSR count). The van der Waals surface area contributed by atoms with Gasteiger partial charge in [0, 0.05) is 0 Å². The van der Waals surface area contributed by atoms with Crippen molar-refractivity contribution >= 4 is 18.4 Å². The topological polar surface area (TPSA) is 61.5 Å². The van der Waals surface area contributed by atoms with Gasteiger partial charge in [-0.15, -0.1) is 12.4 Å². The van der Waals surface area contributed by atoms with Gasteiger partial charge >= 0.3 is 12.1 Å². The molecule has 8 heteroatoms. The minimum atomic E-state index is -4.35. The summed E-state index contributed by atoms with van der Waals surface area (Å²) in [7, 11) is 1.28. The first-order chi connectivity index (χ1) is 11.8. The molecule has 0 aromatic heterocycles. The number of alkyl halides is 3. The highest BCUT2D eigenvalue weighted by Gasteiger charge is 2.29. The highest BCUT2D eigenvalue weighted by molar-refractivity contribution is 5.85. The summed E-state index contributed by atoms with van der Waals surface area (Å²) in [6, 6.07) is 11.0. The molecule has 0 amide bonds. The largest absolute Gasteiger partial charge is 0.489 e. The van der Waals surface area contributed by atoms with Crippen LogP contribution >= 0.6 is 12.4 Å². The summed E-state index contributed by atoms with van der Waals surface area (Å²) in [5, 5.41) is 0. The summed E-state index contributed by atoms with van der Waals surface area (Å²) < 4.78 is 47.6. The quantitative estimate of drug-likeness (QED) is 0.764. The molecular weight excluding hydrogens is 371 g/mol. The van der Waals surface area contributed by atoms with E-state index in [1.54, 1.807) is 24.3 Å². The number of methoxy groups -OCH3 is 1. The summed E-state index contributed by atoms with van der Waals surface area (Å²) in [6.45, 7) is 0.152. The van der Waals surface area contributed by atoms with E-state index < -0.39 is 23.8 Å². The number of ether oxygens (including phenoxy) is 2. The zero-order chi connectivity index (χ0) is 18.4. The fraction of sp³-hybridized carbons (Fsp3) is 0.278. The number of rotatable bonds is 6. The third kappa shape index (κ3) is 6.24. The van der Waals surface area contributed by atoms with Crippen LogP contribution in [0.1, 0.15) is 16.7 Å². The predicted octanol–water partition coefficient (Wildman–Crippen LogP) is 3.75. The molecule has 0 aliphatic carbocycles. The normalized spacial score (nSPS) is 12.0. The maximum absolute atomic E-state index is 12.5. The van der Waals surface area contributed by atoms with Crippen molar-refractivity contribution in [2.45, 2.75) is 25.2 Å². The van der Waals surface area contributed by atoms with Crippen LogP contribution in [0.15, 0.2) is 48.5 Å². The molecule has 0 spiro atoms. The first kappa shape index (κ1) is 21.8. The maximum atomic E-state index is 12.5. The molecular formula is C18H19ClF3NO3. The molecule has 1 atom stereocenters. The average Bonchev–Trinajstić information content (AvgIpc) is 2.60. The fourth-order valence-corrected chi connectivity index (χ4v) is 2.17. The Morgan fingerprint density at radius 3 is 2.08 bits per heavy atom. The van der Waals surface area contributed by atoms with Crippen LogP contribution < -0.4 is 10.5 Å². The highest BCUT2D eigenvalue weighted by Crippen LogP contribution is 2.29. The Morgan fingerprint density at radius 2 is 1.58 bits per heavy atom. The van der Waals surface area contributed by atoms with E-state index in [9.17, 15) is 18.0 Å². The van der Waals surface area contributed by atoms with Crippen LogP contribution in [-0.4, -0.2) is 19.1 Å². The van der Waals surface area contributed by atoms with Gasteiger partial charge in [-0.25, -0.2) is 0 Å². The van der Waals surface area contributed by atoms with Gasteiger partial charge in [-0.05, 0) is 41.8 Å². The standard InChI is InChI=1S/C18H18F3NO3.ClH/c1-24-17(23)16(22)10-12-4-8-15(9-5-12)25-11-13-2-6-14(7-3-13)18(19,20)21;/h2-9,16H,10-11,22H2,1H3;1H. The van der Waals surface area contributed by atoms with E-state index in [0.29, 0.717) is 17.7 Å². The summed E-state index contributed by atoms with van der Waals surface area (Å²) in [6.07, 6.45) is -4.01. The molecule has 0 heterocycles. The van der Waals surface area contributed by atoms with Crippen LogP contribution in [0.25, 0.3) is 0 Å². The van der Waals surface area contributed by atoms with E-state index in [4.69, 9.17) is 10.5 Å². The lowest BCUT2D eigenvalue weighted by Gasteiger charge is -2.11. The number of hydrogen-bond acceptors (Lipinski definition) is 4. The monoisotopic (exact) mass is 389 g/mol. The van der Waals surface area contributed by atoms with Crippen LogP contribution in [0.5, 0.6) is 5.75 Å². The molecule has 4 nitrogen and oxygen atoms in total. The van der Waals surface area contributed by atoms with Crippen molar-refractivity contribution in [1.82, 2.24) is 0 Å². The van der Waals surface area contributed by atoms with Gasteiger partial charge in [0.25, 0.3) is 0 Å². The third-order valence-corrected chi connectivity index (χ3v) is 3.57. The van der Waals surface area contributed by atoms with Gasteiger partial charge in [0.05, 0.1) is 12.7 Å². The van der Waals surface area contributed by atoms with Crippen molar-refractivity contribution in [2.24, 2.45) is 5.73 Å². The molecule has 0 saturated carbocycles. The Kier molecular flexibility index (Phi) is 7.92. The van der Waals surface area contributed by atoms with Gasteiger partial charge in [-0.1, -0.05) is 24.3 Å². The molecule has 0 radical (unpaired) electrons. The summed E-state index contributed by atoms with van der Waals surface area (Å²) in [5.41, 5.74) is 6.47. The van der Waals surface area contributed by atoms with Crippen LogP contribution in [0.2, 0.25) is 0 Å². The Hall–Kier alpha value is -2.25. The van der Waals surface area contributed by atoms with E-state index in [1.807, 2.05) is 0 Å². The maximum Gasteiger partial charge on any atom is 0.416 e. The second-order valence-corrected chi connectivity index (χ2v) is 5.46. The number of carbonyl (C=O) groups is 1. The van der Waals surface area contributed by atoms with Crippen LogP contribution in [0.4, 0.5) is 13.2 Å². The van der Waals surface area contributed by atoms with Gasteiger partial charge in [-0.3, -0.25) is 4.79 Å². The smallest absolute Gasteiger partial charge is 0.416 e. The minimum absolute atomic E-state index is 0. The minimum Gasteiger partial charge on any atom is -0.489 e. The van der Waals surface area contributed by atoms with Crippen LogP contribution in [0, 0.1) is 0 Å². The number of carbonyl (C=O) groups excluding carboxylic acids is 1. The SMILES string of the molecule is COC(=O)C(N)Cc1ccc(OCc2ccc(C(F)(F)F)cc2)cc1.Cl. The molecule has 0 saturated heterocycles. The van der Waals surface area contributed by atoms with Crippen molar-refractivity contribution in [3.8, 4) is 5.75 Å². The second-order valence-electron chi connectivity index (χ2n) is 5.46. The molecule has 26 heavy (non-hydrogen) atoms. The molecule has 0 bridgehead atoms. The predicted molar refractivity (Wildman–Crippen MR) is 93.2 cm³/mol. The van der Waals surface area contributed by atoms with Crippen molar-refractivity contribution in [1.29, 1.82) is 0 Å². The summed E-state index contributed by atoms with van der Waals surface area (Å²) in [4.78, 5) is 11.3. The number of esters is 1. The van der Waals surface area contributed by atoms with Crippen molar-refractivity contribution < 1.29 is 27.4 Å². The van der Waals surface area contributed by atoms with E-state index in [-0.39, 0.29) is 19.0 Å². The Balaban J connectivity index is 0.00000338. The Labute approximate surface area is 155 Å². The van der Waals surface area contributed by atoms with Crippen molar-refractivity contribution in [2.75, 3.05) is 7.11 Å². The third-order valence-electron chi connectivity index (χ3n) is 3.57. The van der Waals surface area contributed by atoms with Gasteiger partial charge in [0.15, 0.2) is 0 Å². The van der Waals surface area contributed by atoms with Crippen LogP contribution in [-0.2, 0) is 28.7 Å². The first-order valence-electron chi connectivity index (χ1n) is 7.51. The first-order valence-corrected chi connectivity index (χ1v) is 7.51. The number of nitrogens with two attached hydrogens (primary N) is 1. The Morgan fingerprint density at radius 1 is 1.04 bits per heavy atom. The number of benzene rings is 2. The van der Waals surface area contributed by atoms with Gasteiger partial charge in [0.2, 0.25) is 0 Å². The summed E-state index contributed by atoms with van der Waals surface area (Å²) >= 11 is 0. The van der Waals surface area contributed by atoms with E-state index in [0.717, 1.165) is 17.7 Å². The number of halogens is 4. The molecule has 142 valence electrons. The van der Waals surface area contributed by atoms with Crippen LogP contribution in [0.3, 0.4) is 0 Å². The second kappa shape index (κ2) is 9.45. The van der Waals surface area contributed by atoms with E-state index >= 15 is 0 Å². The molecule has 0 fully saturated rings. The molecule has 0 aliphatic heterocycles. The highest BCUT2D eigenvalue weighted by atomic mass is 35.5. The molecule has 2 aromatic carbocycles. The zero-order valence-electron chi connectivity index (χ0n) is 14.0. The Bertz CT molecular complexity index is 703. The lowest BCUT2D eigenvalue weighted by Crippen LogP contribution is -2.33. The van der Waals surface area contributed by atoms with Gasteiger partial charge < -0.3 is 15.2 Å². The molecule has 0 aliphatic rings. The fourth-order valence-electron chi connectivity index (χ4n) is 2.17. The van der Waals surface area contributed by atoms with E-state index in [2.05, 4.69) is 4.74 Å². The van der Waals surface area contributed by atoms with Crippen molar-refractivity contribution in [3.63, 3.8) is 0 Å². The lowest BCUT2D eigenvalue weighted by molar-refractivity contribution is -0.142. The lowest BCUT2D eigenvalue weighted by atomic mass is 10.1. The van der Waals surface area contributed by atoms with Crippen molar-refractivity contribution in [3.05, 3.63) is 65.2 Å². The number of hydrogen-bond donors (Lipinski definition) is 1. The van der Waals surface area contributed by atoms with Gasteiger partial charge in [0.1, 0.15) is 18.4 Å². The molecule has 2 N–H and O–H groups in total. The molecule has 1 unspecified atom stereocenters. The van der Waals surface area contributed by atoms with E-state index in [1.165, 1.54) is 19.2 Å². The average molecular weight is 390 g/mol. The zero-order valence-corrected chi connectivity index (χ0v) is 14.8. The molecule has 2 aromatic rings. The summed E-state index contributed by atoms with van der Waals surface area (Å²) in [5.74, 6) is 0.0814. The van der Waals surface area contributed by atoms with Gasteiger partial charge in [-0.2, -0.15) is 13.2 Å².